The molecule has 1 saturated heterocycles. The van der Waals surface area contributed by atoms with Crippen molar-refractivity contribution in [2.45, 2.75) is 11.6 Å². The molecule has 1 aliphatic heterocycles. The molecule has 0 radical (unpaired) electrons. The highest BCUT2D eigenvalue weighted by Gasteiger charge is 2.18. The van der Waals surface area contributed by atoms with Gasteiger partial charge in [-0.25, -0.2) is 22.9 Å². The second kappa shape index (κ2) is 10.7. The maximum absolute atomic E-state index is 13.1. The lowest BCUT2D eigenvalue weighted by Gasteiger charge is -2.29. The fourth-order valence-corrected chi connectivity index (χ4v) is 4.58. The first-order valence-corrected chi connectivity index (χ1v) is 12.9. The number of ether oxygens (including phenoxy) is 2. The van der Waals surface area contributed by atoms with Crippen LogP contribution < -0.4 is 25.4 Å². The van der Waals surface area contributed by atoms with Gasteiger partial charge in [0.15, 0.2) is 0 Å². The molecule has 0 atom stereocenters. The Morgan fingerprint density at radius 3 is 2.60 bits per heavy atom. The normalized spacial score (nSPS) is 14.0. The first-order valence-electron chi connectivity index (χ1n) is 10.6. The Labute approximate surface area is 210 Å². The highest BCUT2D eigenvalue weighted by molar-refractivity contribution is 9.10. The minimum absolute atomic E-state index is 0.155. The summed E-state index contributed by atoms with van der Waals surface area (Å²) in [7, 11) is -2.53. The van der Waals surface area contributed by atoms with Crippen LogP contribution in [0.2, 0.25) is 0 Å². The molecule has 4 rings (SSSR count). The Hall–Kier alpha value is -3.00. The van der Waals surface area contributed by atoms with Crippen molar-refractivity contribution < 1.29 is 22.3 Å². The molecule has 1 fully saturated rings. The van der Waals surface area contributed by atoms with Gasteiger partial charge in [0.2, 0.25) is 16.0 Å². The van der Waals surface area contributed by atoms with Gasteiger partial charge < -0.3 is 25.0 Å². The standard InChI is InChI=1S/C22H24BrFN6O4S/c1-33-19-11-15(30-6-8-34-9-7-30)3-5-17(19)28-22-26-13-16(23)21(29-22)27-18-4-2-14(12-24)10-20(18)35(25,31)32/h2-5,10-11,13H,6-9,12H2,1H3,(H2,25,31,32)(H2,26,27,28,29). The lowest BCUT2D eigenvalue weighted by molar-refractivity contribution is 0.122. The first kappa shape index (κ1) is 25.1. The van der Waals surface area contributed by atoms with E-state index in [0.717, 1.165) is 18.8 Å². The van der Waals surface area contributed by atoms with Crippen LogP contribution in [0.3, 0.4) is 0 Å². The maximum atomic E-state index is 13.1. The number of morpholine rings is 1. The smallest absolute Gasteiger partial charge is 0.240 e. The molecule has 10 nitrogen and oxygen atoms in total. The highest BCUT2D eigenvalue weighted by Crippen LogP contribution is 2.33. The molecular weight excluding hydrogens is 543 g/mol. The van der Waals surface area contributed by atoms with Gasteiger partial charge in [0.1, 0.15) is 23.1 Å². The SMILES string of the molecule is COc1cc(N2CCOCC2)ccc1Nc1ncc(Br)c(Nc2ccc(CF)cc2S(N)(=O)=O)n1. The van der Waals surface area contributed by atoms with E-state index in [9.17, 15) is 12.8 Å². The molecule has 0 unspecified atom stereocenters. The summed E-state index contributed by atoms with van der Waals surface area (Å²) in [6.07, 6.45) is 1.51. The van der Waals surface area contributed by atoms with E-state index in [4.69, 9.17) is 14.6 Å². The summed E-state index contributed by atoms with van der Waals surface area (Å²) in [6.45, 7) is 2.13. The molecule has 4 N–H and O–H groups in total. The van der Waals surface area contributed by atoms with Crippen molar-refractivity contribution in [3.05, 3.63) is 52.6 Å². The number of halogens is 2. The summed E-state index contributed by atoms with van der Waals surface area (Å²) in [5.74, 6) is 1.13. The predicted molar refractivity (Wildman–Crippen MR) is 135 cm³/mol. The number of primary sulfonamides is 1. The number of benzene rings is 2. The van der Waals surface area contributed by atoms with Crippen LogP contribution in [0.4, 0.5) is 33.2 Å². The third-order valence-corrected chi connectivity index (χ3v) is 6.84. The lowest BCUT2D eigenvalue weighted by atomic mass is 10.2. The van der Waals surface area contributed by atoms with Crippen LogP contribution >= 0.6 is 15.9 Å². The summed E-state index contributed by atoms with van der Waals surface area (Å²) in [4.78, 5) is 10.7. The van der Waals surface area contributed by atoms with Crippen molar-refractivity contribution in [3.63, 3.8) is 0 Å². The molecule has 2 aromatic carbocycles. The molecule has 3 aromatic rings. The fourth-order valence-electron chi connectivity index (χ4n) is 3.55. The second-order valence-corrected chi connectivity index (χ2v) is 10.0. The molecule has 0 spiro atoms. The van der Waals surface area contributed by atoms with Gasteiger partial charge in [0.05, 0.1) is 36.2 Å². The fraction of sp³-hybridized carbons (Fsp3) is 0.273. The van der Waals surface area contributed by atoms with Gasteiger partial charge in [0.25, 0.3) is 0 Å². The van der Waals surface area contributed by atoms with Crippen molar-refractivity contribution >= 4 is 54.8 Å². The topological polar surface area (TPSA) is 132 Å². The summed E-state index contributed by atoms with van der Waals surface area (Å²) in [6, 6.07) is 9.86. The van der Waals surface area contributed by atoms with Gasteiger partial charge in [-0.2, -0.15) is 4.98 Å². The van der Waals surface area contributed by atoms with Crippen LogP contribution in [0.5, 0.6) is 5.75 Å². The van der Waals surface area contributed by atoms with Crippen LogP contribution in [0.15, 0.2) is 52.0 Å². The van der Waals surface area contributed by atoms with E-state index in [1.54, 1.807) is 7.11 Å². The Morgan fingerprint density at radius 2 is 1.91 bits per heavy atom. The molecule has 2 heterocycles. The number of nitrogens with zero attached hydrogens (tertiary/aromatic N) is 3. The summed E-state index contributed by atoms with van der Waals surface area (Å²) >= 11 is 3.36. The van der Waals surface area contributed by atoms with Gasteiger partial charge in [-0.3, -0.25) is 0 Å². The number of sulfonamides is 1. The molecule has 0 amide bonds. The largest absolute Gasteiger partial charge is 0.494 e. The number of alkyl halides is 1. The third kappa shape index (κ3) is 5.99. The zero-order valence-corrected chi connectivity index (χ0v) is 21.2. The number of aromatic nitrogens is 2. The van der Waals surface area contributed by atoms with Gasteiger partial charge >= 0.3 is 0 Å². The van der Waals surface area contributed by atoms with E-state index in [1.807, 2.05) is 18.2 Å². The summed E-state index contributed by atoms with van der Waals surface area (Å²) in [5.41, 5.74) is 2.01. The lowest BCUT2D eigenvalue weighted by Crippen LogP contribution is -2.36. The van der Waals surface area contributed by atoms with Gasteiger partial charge in [-0.1, -0.05) is 6.07 Å². The van der Waals surface area contributed by atoms with Crippen molar-refractivity contribution in [3.8, 4) is 5.75 Å². The number of hydrogen-bond acceptors (Lipinski definition) is 9. The van der Waals surface area contributed by atoms with E-state index >= 15 is 0 Å². The molecule has 13 heteroatoms. The van der Waals surface area contributed by atoms with E-state index in [2.05, 4.69) is 41.4 Å². The average molecular weight is 567 g/mol. The summed E-state index contributed by atoms with van der Waals surface area (Å²) in [5, 5.41) is 11.4. The van der Waals surface area contributed by atoms with Crippen molar-refractivity contribution in [1.82, 2.24) is 9.97 Å². The van der Waals surface area contributed by atoms with E-state index in [1.165, 1.54) is 24.4 Å². The van der Waals surface area contributed by atoms with Crippen LogP contribution in [-0.2, 0) is 21.4 Å². The number of nitrogens with one attached hydrogen (secondary N) is 2. The first-order chi connectivity index (χ1) is 16.8. The van der Waals surface area contributed by atoms with E-state index in [-0.39, 0.29) is 27.9 Å². The Bertz CT molecular complexity index is 1320. The highest BCUT2D eigenvalue weighted by atomic mass is 79.9. The van der Waals surface area contributed by atoms with Crippen molar-refractivity contribution in [2.24, 2.45) is 5.14 Å². The Morgan fingerprint density at radius 1 is 1.17 bits per heavy atom. The van der Waals surface area contributed by atoms with Crippen LogP contribution in [-0.4, -0.2) is 51.8 Å². The summed E-state index contributed by atoms with van der Waals surface area (Å²) < 4.78 is 48.6. The molecule has 186 valence electrons. The average Bonchev–Trinajstić information content (AvgIpc) is 2.86. The van der Waals surface area contributed by atoms with Crippen molar-refractivity contribution in [2.75, 3.05) is 48.9 Å². The minimum Gasteiger partial charge on any atom is -0.494 e. The molecule has 0 aliphatic carbocycles. The molecule has 0 saturated carbocycles. The number of methoxy groups -OCH3 is 1. The molecule has 1 aromatic heterocycles. The predicted octanol–water partition coefficient (Wildman–Crippen LogP) is 3.69. The quantitative estimate of drug-likeness (QED) is 0.373. The molecule has 1 aliphatic rings. The number of rotatable bonds is 8. The maximum Gasteiger partial charge on any atom is 0.240 e. The van der Waals surface area contributed by atoms with Crippen LogP contribution in [0.1, 0.15) is 5.56 Å². The van der Waals surface area contributed by atoms with Gasteiger partial charge in [-0.15, -0.1) is 0 Å². The second-order valence-electron chi connectivity index (χ2n) is 7.63. The molecule has 35 heavy (non-hydrogen) atoms. The monoisotopic (exact) mass is 566 g/mol. The van der Waals surface area contributed by atoms with E-state index in [0.29, 0.717) is 29.1 Å². The molecular formula is C22H24BrFN6O4S. The Kier molecular flexibility index (Phi) is 7.69. The van der Waals surface area contributed by atoms with E-state index < -0.39 is 16.7 Å². The van der Waals surface area contributed by atoms with Gasteiger partial charge in [-0.05, 0) is 45.8 Å². The third-order valence-electron chi connectivity index (χ3n) is 5.31. The Balaban J connectivity index is 1.60. The van der Waals surface area contributed by atoms with Crippen LogP contribution in [0.25, 0.3) is 0 Å². The number of anilines is 5. The number of nitrogens with two attached hydrogens (primary N) is 1. The minimum atomic E-state index is -4.11. The molecule has 0 bridgehead atoms. The number of hydrogen-bond donors (Lipinski definition) is 3. The zero-order chi connectivity index (χ0) is 25.0. The van der Waals surface area contributed by atoms with Gasteiger partial charge in [0, 0.05) is 31.0 Å². The zero-order valence-electron chi connectivity index (χ0n) is 18.8. The van der Waals surface area contributed by atoms with Crippen molar-refractivity contribution in [1.29, 1.82) is 0 Å². The van der Waals surface area contributed by atoms with Crippen LogP contribution in [0, 0.1) is 0 Å².